The van der Waals surface area contributed by atoms with Gasteiger partial charge in [0.15, 0.2) is 0 Å². The van der Waals surface area contributed by atoms with Gasteiger partial charge in [0.2, 0.25) is 0 Å². The first kappa shape index (κ1) is 21.3. The van der Waals surface area contributed by atoms with Crippen LogP contribution < -0.4 is 15.8 Å². The van der Waals surface area contributed by atoms with Crippen LogP contribution in [0.25, 0.3) is 22.4 Å². The third kappa shape index (κ3) is 4.42. The number of rotatable bonds is 6. The Morgan fingerprint density at radius 1 is 1.13 bits per heavy atom. The van der Waals surface area contributed by atoms with E-state index < -0.39 is 0 Å². The number of aryl methyl sites for hydroxylation is 1. The lowest BCUT2D eigenvalue weighted by Crippen LogP contribution is -2.42. The Hall–Kier alpha value is -2.92. The lowest BCUT2D eigenvalue weighted by Gasteiger charge is -2.29. The molecule has 1 unspecified atom stereocenters. The van der Waals surface area contributed by atoms with Gasteiger partial charge in [0.05, 0.1) is 5.69 Å². The highest BCUT2D eigenvalue weighted by molar-refractivity contribution is 5.83. The molecule has 1 fully saturated rings. The van der Waals surface area contributed by atoms with E-state index in [9.17, 15) is 4.79 Å². The molecule has 5 heteroatoms. The minimum Gasteiger partial charge on any atom is -0.363 e. The third-order valence-electron chi connectivity index (χ3n) is 6.13. The fourth-order valence-electron chi connectivity index (χ4n) is 4.56. The quantitative estimate of drug-likeness (QED) is 0.648. The molecule has 1 aromatic carbocycles. The maximum absolute atomic E-state index is 13.6. The van der Waals surface area contributed by atoms with Gasteiger partial charge in [0, 0.05) is 50.2 Å². The fraction of sp³-hybridized carbons (Fsp3) is 0.385. The number of anilines is 1. The summed E-state index contributed by atoms with van der Waals surface area (Å²) >= 11 is 0. The van der Waals surface area contributed by atoms with Crippen molar-refractivity contribution in [1.29, 1.82) is 0 Å². The standard InChI is InChI=1S/C26H32N4O/c1-18(2)28-17-22-9-6-14-30(22)24-16-23(20-10-12-27-13-11-20)25(29(4)26(24)31)21-8-5-7-19(3)15-21/h5,7-8,10-13,15-16,18,22,28H,6,9,14,17H2,1-4H3. The molecule has 1 N–H and O–H groups in total. The van der Waals surface area contributed by atoms with Crippen molar-refractivity contribution in [2.45, 2.75) is 45.7 Å². The summed E-state index contributed by atoms with van der Waals surface area (Å²) in [5.74, 6) is 0. The molecular formula is C26H32N4O. The van der Waals surface area contributed by atoms with Crippen LogP contribution in [0, 0.1) is 6.92 Å². The van der Waals surface area contributed by atoms with Crippen molar-refractivity contribution in [2.75, 3.05) is 18.0 Å². The second-order valence-corrected chi connectivity index (χ2v) is 8.81. The minimum absolute atomic E-state index is 0.0609. The van der Waals surface area contributed by atoms with Crippen LogP contribution in [0.3, 0.4) is 0 Å². The smallest absolute Gasteiger partial charge is 0.274 e. The molecule has 0 aliphatic carbocycles. The number of hydrogen-bond acceptors (Lipinski definition) is 4. The molecule has 0 spiro atoms. The number of nitrogens with one attached hydrogen (secondary N) is 1. The average Bonchev–Trinajstić information content (AvgIpc) is 3.23. The van der Waals surface area contributed by atoms with Crippen LogP contribution in [0.4, 0.5) is 5.69 Å². The van der Waals surface area contributed by atoms with Gasteiger partial charge in [-0.1, -0.05) is 37.6 Å². The minimum atomic E-state index is 0.0609. The lowest BCUT2D eigenvalue weighted by atomic mass is 9.97. The zero-order chi connectivity index (χ0) is 22.0. The van der Waals surface area contributed by atoms with Crippen LogP contribution in [0.15, 0.2) is 59.7 Å². The number of benzene rings is 1. The summed E-state index contributed by atoms with van der Waals surface area (Å²) < 4.78 is 1.82. The summed E-state index contributed by atoms with van der Waals surface area (Å²) in [5, 5.41) is 3.55. The fourth-order valence-corrected chi connectivity index (χ4v) is 4.56. The van der Waals surface area contributed by atoms with Gasteiger partial charge in [-0.2, -0.15) is 0 Å². The Balaban J connectivity index is 1.87. The molecule has 1 atom stereocenters. The number of aromatic nitrogens is 2. The molecule has 31 heavy (non-hydrogen) atoms. The van der Waals surface area contributed by atoms with Crippen LogP contribution in [0.5, 0.6) is 0 Å². The molecule has 0 bridgehead atoms. The SMILES string of the molecule is Cc1cccc(-c2c(-c3ccncc3)cc(N3CCCC3CNC(C)C)c(=O)n2C)c1. The van der Waals surface area contributed by atoms with E-state index in [4.69, 9.17) is 0 Å². The van der Waals surface area contributed by atoms with Gasteiger partial charge >= 0.3 is 0 Å². The van der Waals surface area contributed by atoms with Crippen molar-refractivity contribution in [2.24, 2.45) is 7.05 Å². The highest BCUT2D eigenvalue weighted by atomic mass is 16.1. The zero-order valence-corrected chi connectivity index (χ0v) is 18.9. The van der Waals surface area contributed by atoms with E-state index in [-0.39, 0.29) is 5.56 Å². The molecule has 1 aliphatic heterocycles. The van der Waals surface area contributed by atoms with E-state index in [0.29, 0.717) is 12.1 Å². The van der Waals surface area contributed by atoms with Crippen LogP contribution in [-0.4, -0.2) is 34.7 Å². The summed E-state index contributed by atoms with van der Waals surface area (Å²) in [6, 6.07) is 15.3. The number of pyridine rings is 2. The van der Waals surface area contributed by atoms with Crippen molar-refractivity contribution in [3.8, 4) is 22.4 Å². The van der Waals surface area contributed by atoms with Crippen molar-refractivity contribution in [1.82, 2.24) is 14.9 Å². The normalized spacial score (nSPS) is 16.3. The summed E-state index contributed by atoms with van der Waals surface area (Å²) in [4.78, 5) is 20.1. The molecule has 1 saturated heterocycles. The molecule has 0 amide bonds. The molecule has 1 aliphatic rings. The van der Waals surface area contributed by atoms with Gasteiger partial charge < -0.3 is 14.8 Å². The van der Waals surface area contributed by atoms with Crippen LogP contribution >= 0.6 is 0 Å². The molecule has 2 aromatic heterocycles. The van der Waals surface area contributed by atoms with Gasteiger partial charge in [-0.25, -0.2) is 0 Å². The number of nitrogens with zero attached hydrogens (tertiary/aromatic N) is 3. The van der Waals surface area contributed by atoms with E-state index in [1.54, 1.807) is 0 Å². The number of hydrogen-bond donors (Lipinski definition) is 1. The van der Waals surface area contributed by atoms with Gasteiger partial charge in [-0.05, 0) is 55.2 Å². The summed E-state index contributed by atoms with van der Waals surface area (Å²) in [6.07, 6.45) is 5.83. The van der Waals surface area contributed by atoms with Gasteiger partial charge in [0.1, 0.15) is 5.69 Å². The van der Waals surface area contributed by atoms with Gasteiger partial charge in [0.25, 0.3) is 5.56 Å². The van der Waals surface area contributed by atoms with Crippen LogP contribution in [0.1, 0.15) is 32.3 Å². The van der Waals surface area contributed by atoms with E-state index in [2.05, 4.69) is 60.2 Å². The topological polar surface area (TPSA) is 50.2 Å². The summed E-state index contributed by atoms with van der Waals surface area (Å²) in [5.41, 5.74) is 6.16. The average molecular weight is 417 g/mol. The van der Waals surface area contributed by atoms with Crippen molar-refractivity contribution in [3.05, 3.63) is 70.8 Å². The van der Waals surface area contributed by atoms with Crippen molar-refractivity contribution in [3.63, 3.8) is 0 Å². The Bertz CT molecular complexity index is 1100. The largest absolute Gasteiger partial charge is 0.363 e. The molecule has 0 saturated carbocycles. The summed E-state index contributed by atoms with van der Waals surface area (Å²) in [6.45, 7) is 8.22. The molecule has 0 radical (unpaired) electrons. The lowest BCUT2D eigenvalue weighted by molar-refractivity contribution is 0.523. The second kappa shape index (κ2) is 9.06. The van der Waals surface area contributed by atoms with Gasteiger partial charge in [-0.15, -0.1) is 0 Å². The molecule has 3 aromatic rings. The molecule has 5 nitrogen and oxygen atoms in total. The molecular weight excluding hydrogens is 384 g/mol. The predicted molar refractivity (Wildman–Crippen MR) is 129 cm³/mol. The van der Waals surface area contributed by atoms with Crippen molar-refractivity contribution < 1.29 is 0 Å². The Morgan fingerprint density at radius 2 is 1.90 bits per heavy atom. The summed E-state index contributed by atoms with van der Waals surface area (Å²) in [7, 11) is 1.89. The molecule has 162 valence electrons. The monoisotopic (exact) mass is 416 g/mol. The third-order valence-corrected chi connectivity index (χ3v) is 6.13. The first-order valence-corrected chi connectivity index (χ1v) is 11.2. The van der Waals surface area contributed by atoms with Crippen LogP contribution in [0.2, 0.25) is 0 Å². The molecule has 3 heterocycles. The van der Waals surface area contributed by atoms with Crippen LogP contribution in [-0.2, 0) is 7.05 Å². The second-order valence-electron chi connectivity index (χ2n) is 8.81. The van der Waals surface area contributed by atoms with E-state index in [0.717, 1.165) is 54.0 Å². The zero-order valence-electron chi connectivity index (χ0n) is 18.9. The van der Waals surface area contributed by atoms with Gasteiger partial charge in [-0.3, -0.25) is 9.78 Å². The first-order valence-electron chi connectivity index (χ1n) is 11.2. The maximum Gasteiger partial charge on any atom is 0.274 e. The van der Waals surface area contributed by atoms with E-state index in [1.807, 2.05) is 42.2 Å². The predicted octanol–water partition coefficient (Wildman–Crippen LogP) is 4.39. The van der Waals surface area contributed by atoms with E-state index in [1.165, 1.54) is 5.56 Å². The highest BCUT2D eigenvalue weighted by Gasteiger charge is 2.28. The highest BCUT2D eigenvalue weighted by Crippen LogP contribution is 2.35. The molecule has 4 rings (SSSR count). The Labute approximate surface area is 184 Å². The van der Waals surface area contributed by atoms with Crippen molar-refractivity contribution >= 4 is 5.69 Å². The first-order chi connectivity index (χ1) is 15.0. The van der Waals surface area contributed by atoms with E-state index >= 15 is 0 Å². The maximum atomic E-state index is 13.6. The Kier molecular flexibility index (Phi) is 6.23. The Morgan fingerprint density at radius 3 is 2.61 bits per heavy atom.